The quantitative estimate of drug-likeness (QED) is 0.309. The molecule has 0 spiro atoms. The van der Waals surface area contributed by atoms with Crippen molar-refractivity contribution in [3.05, 3.63) is 112 Å². The van der Waals surface area contributed by atoms with E-state index >= 15 is 0 Å². The van der Waals surface area contributed by atoms with Gasteiger partial charge in [-0.2, -0.15) is 5.10 Å². The molecule has 6 nitrogen and oxygen atoms in total. The Labute approximate surface area is 210 Å². The minimum absolute atomic E-state index is 0.102. The van der Waals surface area contributed by atoms with E-state index in [1.54, 1.807) is 12.3 Å². The lowest BCUT2D eigenvalue weighted by atomic mass is 9.87. The summed E-state index contributed by atoms with van der Waals surface area (Å²) in [5.74, 6) is 0.565. The van der Waals surface area contributed by atoms with Crippen LogP contribution in [0, 0.1) is 13.8 Å². The summed E-state index contributed by atoms with van der Waals surface area (Å²) in [6, 6.07) is 23.9. The Morgan fingerprint density at radius 3 is 2.33 bits per heavy atom. The number of hydrogen-bond donors (Lipinski definition) is 0. The molecule has 0 fully saturated rings. The van der Waals surface area contributed by atoms with Gasteiger partial charge in [0.2, 0.25) is 0 Å². The van der Waals surface area contributed by atoms with Gasteiger partial charge in [-0.25, -0.2) is 9.67 Å². The van der Waals surface area contributed by atoms with E-state index in [2.05, 4.69) is 45.0 Å². The van der Waals surface area contributed by atoms with Crippen LogP contribution in [0.5, 0.6) is 5.75 Å². The average molecular weight is 479 g/mol. The molecule has 182 valence electrons. The van der Waals surface area contributed by atoms with E-state index in [4.69, 9.17) is 14.8 Å². The first kappa shape index (κ1) is 23.5. The molecule has 0 radical (unpaired) electrons. The van der Waals surface area contributed by atoms with Crippen LogP contribution in [0.1, 0.15) is 43.3 Å². The van der Waals surface area contributed by atoms with Gasteiger partial charge in [0.05, 0.1) is 16.9 Å². The Balaban J connectivity index is 1.48. The number of fused-ring (bicyclic) bond motifs is 1. The highest BCUT2D eigenvalue weighted by molar-refractivity contribution is 5.65. The van der Waals surface area contributed by atoms with Crippen LogP contribution >= 0.6 is 0 Å². The van der Waals surface area contributed by atoms with Crippen molar-refractivity contribution in [2.75, 3.05) is 0 Å². The number of ether oxygens (including phenoxy) is 1. The van der Waals surface area contributed by atoms with Crippen molar-refractivity contribution in [3.8, 4) is 22.7 Å². The minimum Gasteiger partial charge on any atom is -0.485 e. The number of pyridine rings is 1. The summed E-state index contributed by atoms with van der Waals surface area (Å²) in [6.45, 7) is 10.8. The van der Waals surface area contributed by atoms with Gasteiger partial charge in [-0.3, -0.25) is 9.20 Å². The van der Waals surface area contributed by atoms with E-state index in [-0.39, 0.29) is 11.0 Å². The van der Waals surface area contributed by atoms with Gasteiger partial charge >= 0.3 is 0 Å². The fourth-order valence-corrected chi connectivity index (χ4v) is 4.34. The summed E-state index contributed by atoms with van der Waals surface area (Å²) in [6.07, 6.45) is 1.72. The van der Waals surface area contributed by atoms with Crippen LogP contribution < -0.4 is 10.3 Å². The second-order valence-electron chi connectivity index (χ2n) is 10.1. The predicted octanol–water partition coefficient (Wildman–Crippen LogP) is 6.04. The van der Waals surface area contributed by atoms with Gasteiger partial charge in [0.15, 0.2) is 11.4 Å². The summed E-state index contributed by atoms with van der Waals surface area (Å²) in [4.78, 5) is 18.4. The Hall–Kier alpha value is -4.19. The van der Waals surface area contributed by atoms with Crippen molar-refractivity contribution in [2.24, 2.45) is 0 Å². The lowest BCUT2D eigenvalue weighted by molar-refractivity contribution is 0.307. The zero-order valence-electron chi connectivity index (χ0n) is 21.3. The zero-order valence-corrected chi connectivity index (χ0v) is 21.3. The van der Waals surface area contributed by atoms with Crippen molar-refractivity contribution in [2.45, 2.75) is 46.6 Å². The van der Waals surface area contributed by atoms with Crippen LogP contribution in [-0.4, -0.2) is 19.2 Å². The molecule has 0 N–H and O–H groups in total. The SMILES string of the molecule is Cc1nc2c(OCc3ccc(C(C)(C)C)cc3)cccn2c(=O)c1-c1cc(C)n(-c2ccccc2)n1. The first-order valence-corrected chi connectivity index (χ1v) is 12.1. The third kappa shape index (κ3) is 4.42. The summed E-state index contributed by atoms with van der Waals surface area (Å²) in [5, 5.41) is 4.73. The maximum Gasteiger partial charge on any atom is 0.267 e. The maximum atomic E-state index is 13.6. The second kappa shape index (κ2) is 9.11. The average Bonchev–Trinajstić information content (AvgIpc) is 3.24. The highest BCUT2D eigenvalue weighted by atomic mass is 16.5. The smallest absolute Gasteiger partial charge is 0.267 e. The molecule has 5 rings (SSSR count). The maximum absolute atomic E-state index is 13.6. The highest BCUT2D eigenvalue weighted by Crippen LogP contribution is 2.25. The molecular weight excluding hydrogens is 448 g/mol. The summed E-state index contributed by atoms with van der Waals surface area (Å²) in [7, 11) is 0. The van der Waals surface area contributed by atoms with Crippen LogP contribution in [0.3, 0.4) is 0 Å². The molecule has 6 heteroatoms. The van der Waals surface area contributed by atoms with Gasteiger partial charge in [-0.05, 0) is 60.7 Å². The molecule has 3 heterocycles. The molecule has 36 heavy (non-hydrogen) atoms. The van der Waals surface area contributed by atoms with Gasteiger partial charge in [0.1, 0.15) is 12.3 Å². The number of hydrogen-bond acceptors (Lipinski definition) is 4. The molecule has 0 aliphatic heterocycles. The third-order valence-corrected chi connectivity index (χ3v) is 6.36. The fourth-order valence-electron chi connectivity index (χ4n) is 4.34. The lowest BCUT2D eigenvalue weighted by Gasteiger charge is -2.19. The van der Waals surface area contributed by atoms with Crippen molar-refractivity contribution >= 4 is 5.65 Å². The van der Waals surface area contributed by atoms with Gasteiger partial charge in [-0.1, -0.05) is 63.2 Å². The van der Waals surface area contributed by atoms with Crippen molar-refractivity contribution in [1.82, 2.24) is 19.2 Å². The third-order valence-electron chi connectivity index (χ3n) is 6.36. The topological polar surface area (TPSA) is 61.4 Å². The second-order valence-corrected chi connectivity index (χ2v) is 10.1. The molecule has 0 atom stereocenters. The Bertz CT molecular complexity index is 1590. The number of rotatable bonds is 5. The van der Waals surface area contributed by atoms with Gasteiger partial charge in [0.25, 0.3) is 5.56 Å². The zero-order chi connectivity index (χ0) is 25.4. The molecule has 0 saturated carbocycles. The minimum atomic E-state index is -0.171. The number of para-hydroxylation sites is 1. The molecule has 3 aromatic heterocycles. The fraction of sp³-hybridized carbons (Fsp3) is 0.233. The normalized spacial score (nSPS) is 11.7. The van der Waals surface area contributed by atoms with Crippen LogP contribution in [0.2, 0.25) is 0 Å². The number of benzene rings is 2. The molecule has 0 unspecified atom stereocenters. The van der Waals surface area contributed by atoms with Gasteiger partial charge < -0.3 is 4.74 Å². The van der Waals surface area contributed by atoms with Gasteiger partial charge in [0, 0.05) is 11.9 Å². The predicted molar refractivity (Wildman–Crippen MR) is 143 cm³/mol. The van der Waals surface area contributed by atoms with Gasteiger partial charge in [-0.15, -0.1) is 0 Å². The molecule has 0 amide bonds. The first-order chi connectivity index (χ1) is 17.2. The van der Waals surface area contributed by atoms with Crippen molar-refractivity contribution in [3.63, 3.8) is 0 Å². The molecule has 5 aromatic rings. The van der Waals surface area contributed by atoms with Crippen LogP contribution in [-0.2, 0) is 12.0 Å². The standard InChI is InChI=1S/C30H30N4O2/c1-20-18-25(32-34(20)24-10-7-6-8-11-24)27-21(2)31-28-26(12-9-17-33(28)29(27)35)36-19-22-13-15-23(16-14-22)30(3,4)5/h6-18H,19H2,1-5H3. The first-order valence-electron chi connectivity index (χ1n) is 12.1. The van der Waals surface area contributed by atoms with E-state index in [9.17, 15) is 4.79 Å². The summed E-state index contributed by atoms with van der Waals surface area (Å²) < 4.78 is 9.51. The van der Waals surface area contributed by atoms with Crippen molar-refractivity contribution in [1.29, 1.82) is 0 Å². The molecular formula is C30H30N4O2. The summed E-state index contributed by atoms with van der Waals surface area (Å²) in [5.41, 5.74) is 6.35. The highest BCUT2D eigenvalue weighted by Gasteiger charge is 2.18. The monoisotopic (exact) mass is 478 g/mol. The van der Waals surface area contributed by atoms with E-state index in [0.717, 1.165) is 16.9 Å². The lowest BCUT2D eigenvalue weighted by Crippen LogP contribution is -2.19. The van der Waals surface area contributed by atoms with E-state index in [1.165, 1.54) is 9.96 Å². The Morgan fingerprint density at radius 1 is 0.917 bits per heavy atom. The van der Waals surface area contributed by atoms with E-state index in [1.807, 2.05) is 61.0 Å². The summed E-state index contributed by atoms with van der Waals surface area (Å²) >= 11 is 0. The number of aryl methyl sites for hydroxylation is 2. The molecule has 2 aromatic carbocycles. The van der Waals surface area contributed by atoms with Crippen molar-refractivity contribution < 1.29 is 4.74 Å². The van der Waals surface area contributed by atoms with Crippen LogP contribution in [0.4, 0.5) is 0 Å². The van der Waals surface area contributed by atoms with E-state index < -0.39 is 0 Å². The molecule has 0 aliphatic carbocycles. The Morgan fingerprint density at radius 2 is 1.64 bits per heavy atom. The Kier molecular flexibility index (Phi) is 5.96. The number of aromatic nitrogens is 4. The largest absolute Gasteiger partial charge is 0.485 e. The van der Waals surface area contributed by atoms with Crippen LogP contribution in [0.25, 0.3) is 22.6 Å². The van der Waals surface area contributed by atoms with E-state index in [0.29, 0.717) is 35.0 Å². The molecule has 0 aliphatic rings. The molecule has 0 saturated heterocycles. The number of nitrogens with zero attached hydrogens (tertiary/aromatic N) is 4. The molecule has 0 bridgehead atoms. The van der Waals surface area contributed by atoms with Crippen LogP contribution in [0.15, 0.2) is 83.8 Å².